The average molecular weight is 384 g/mol. The highest BCUT2D eigenvalue weighted by Gasteiger charge is 2.13. The molecule has 3 aromatic rings. The van der Waals surface area contributed by atoms with Crippen molar-refractivity contribution in [2.75, 3.05) is 10.0 Å². The van der Waals surface area contributed by atoms with Crippen LogP contribution in [-0.2, 0) is 6.54 Å². The van der Waals surface area contributed by atoms with Gasteiger partial charge in [-0.1, -0.05) is 29.8 Å². The molecule has 0 radical (unpaired) electrons. The lowest BCUT2D eigenvalue weighted by molar-refractivity contribution is 0.602. The van der Waals surface area contributed by atoms with Crippen LogP contribution in [0.4, 0.5) is 19.6 Å². The van der Waals surface area contributed by atoms with Crippen molar-refractivity contribution in [3.8, 4) is 0 Å². The lowest BCUT2D eigenvalue weighted by atomic mass is 10.2. The van der Waals surface area contributed by atoms with E-state index in [2.05, 4.69) is 15.0 Å². The Morgan fingerprint density at radius 1 is 1.17 bits per heavy atom. The van der Waals surface area contributed by atoms with Crippen LogP contribution in [0.15, 0.2) is 52.9 Å². The van der Waals surface area contributed by atoms with Gasteiger partial charge in [0.15, 0.2) is 10.9 Å². The highest BCUT2D eigenvalue weighted by molar-refractivity contribution is 8.00. The summed E-state index contributed by atoms with van der Waals surface area (Å²) < 4.78 is 30.9. The Labute approximate surface area is 151 Å². The van der Waals surface area contributed by atoms with Crippen LogP contribution in [0.1, 0.15) is 5.56 Å². The molecule has 0 spiro atoms. The van der Waals surface area contributed by atoms with Gasteiger partial charge in [-0.2, -0.15) is 0 Å². The molecule has 2 aromatic carbocycles. The minimum Gasteiger partial charge on any atom is -0.380 e. The quantitative estimate of drug-likeness (QED) is 0.527. The molecule has 3 nitrogen and oxygen atoms in total. The molecule has 0 aliphatic heterocycles. The predicted octanol–water partition coefficient (Wildman–Crippen LogP) is 5.81. The second-order valence-electron chi connectivity index (χ2n) is 4.73. The molecule has 3 rings (SSSR count). The number of nitrogens with one attached hydrogen (secondary N) is 2. The third-order valence-electron chi connectivity index (χ3n) is 3.15. The molecule has 0 unspecified atom stereocenters. The topological polar surface area (TPSA) is 37.0 Å². The molecule has 0 saturated carbocycles. The van der Waals surface area contributed by atoms with Gasteiger partial charge in [-0.3, -0.25) is 0 Å². The van der Waals surface area contributed by atoms with E-state index in [1.165, 1.54) is 17.4 Å². The summed E-state index contributed by atoms with van der Waals surface area (Å²) in [6.45, 7) is 0.218. The lowest BCUT2D eigenvalue weighted by Crippen LogP contribution is -2.03. The monoisotopic (exact) mass is 383 g/mol. The molecule has 0 fully saturated rings. The first-order valence-electron chi connectivity index (χ1n) is 6.93. The Kier molecular flexibility index (Phi) is 5.55. The number of hydrogen-bond acceptors (Lipinski definition) is 5. The smallest absolute Gasteiger partial charge is 0.192 e. The zero-order valence-corrected chi connectivity index (χ0v) is 14.6. The van der Waals surface area contributed by atoms with E-state index < -0.39 is 5.82 Å². The fourth-order valence-corrected chi connectivity index (χ4v) is 3.51. The zero-order valence-electron chi connectivity index (χ0n) is 12.2. The Balaban J connectivity index is 1.69. The number of aromatic nitrogens is 1. The standard InChI is InChI=1S/C16H12ClF2N3S2/c17-14-12(21-9-10-3-1-2-4-11(10)18)5-6-13(15(14)19)24-22-16-20-7-8-23-16/h1-8,21H,9H2,(H,20,22). The molecule has 8 heteroatoms. The van der Waals surface area contributed by atoms with Gasteiger partial charge < -0.3 is 10.0 Å². The molecule has 2 N–H and O–H groups in total. The SMILES string of the molecule is Fc1ccccc1CNc1ccc(SNc2nccs2)c(F)c1Cl. The Bertz CT molecular complexity index is 828. The second-order valence-corrected chi connectivity index (χ2v) is 6.85. The summed E-state index contributed by atoms with van der Waals surface area (Å²) in [5, 5.41) is 5.42. The van der Waals surface area contributed by atoms with E-state index in [-0.39, 0.29) is 17.4 Å². The van der Waals surface area contributed by atoms with Crippen molar-refractivity contribution in [3.05, 3.63) is 70.2 Å². The van der Waals surface area contributed by atoms with Gasteiger partial charge in [0.1, 0.15) is 10.8 Å². The van der Waals surface area contributed by atoms with Crippen LogP contribution >= 0.6 is 34.9 Å². The van der Waals surface area contributed by atoms with Crippen molar-refractivity contribution in [2.45, 2.75) is 11.4 Å². The number of thiazole rings is 1. The number of hydrogen-bond donors (Lipinski definition) is 2. The molecule has 0 aliphatic rings. The maximum absolute atomic E-state index is 14.4. The van der Waals surface area contributed by atoms with E-state index in [1.807, 2.05) is 5.38 Å². The average Bonchev–Trinajstić information content (AvgIpc) is 3.10. The third kappa shape index (κ3) is 3.98. The van der Waals surface area contributed by atoms with Gasteiger partial charge >= 0.3 is 0 Å². The third-order valence-corrected chi connectivity index (χ3v) is 5.17. The summed E-state index contributed by atoms with van der Waals surface area (Å²) >= 11 is 8.59. The van der Waals surface area contributed by atoms with Crippen LogP contribution in [0.2, 0.25) is 5.02 Å². The fourth-order valence-electron chi connectivity index (χ4n) is 1.95. The van der Waals surface area contributed by atoms with Crippen molar-refractivity contribution in [1.29, 1.82) is 0 Å². The van der Waals surface area contributed by atoms with Crippen LogP contribution in [0.5, 0.6) is 0 Å². The minimum absolute atomic E-state index is 0.0303. The van der Waals surface area contributed by atoms with Gasteiger partial charge in [0.2, 0.25) is 0 Å². The highest BCUT2D eigenvalue weighted by Crippen LogP contribution is 2.33. The number of benzene rings is 2. The zero-order chi connectivity index (χ0) is 16.9. The Morgan fingerprint density at radius 3 is 2.75 bits per heavy atom. The summed E-state index contributed by atoms with van der Waals surface area (Å²) in [6, 6.07) is 9.67. The van der Waals surface area contributed by atoms with Crippen molar-refractivity contribution >= 4 is 45.7 Å². The molecule has 0 amide bonds. The maximum atomic E-state index is 14.4. The van der Waals surface area contributed by atoms with Crippen LogP contribution in [-0.4, -0.2) is 4.98 Å². The van der Waals surface area contributed by atoms with Gasteiger partial charge in [0, 0.05) is 23.7 Å². The number of anilines is 2. The number of nitrogens with zero attached hydrogens (tertiary/aromatic N) is 1. The van der Waals surface area contributed by atoms with E-state index in [0.717, 1.165) is 11.9 Å². The molecule has 0 aliphatic carbocycles. The first kappa shape index (κ1) is 17.0. The molecule has 0 saturated heterocycles. The highest BCUT2D eigenvalue weighted by atomic mass is 35.5. The fraction of sp³-hybridized carbons (Fsp3) is 0.0625. The summed E-state index contributed by atoms with van der Waals surface area (Å²) in [4.78, 5) is 4.41. The van der Waals surface area contributed by atoms with Gasteiger partial charge in [-0.15, -0.1) is 11.3 Å². The van der Waals surface area contributed by atoms with Crippen LogP contribution < -0.4 is 10.0 Å². The van der Waals surface area contributed by atoms with Crippen LogP contribution in [0.25, 0.3) is 0 Å². The minimum atomic E-state index is -0.538. The van der Waals surface area contributed by atoms with Gasteiger partial charge in [0.05, 0.1) is 10.6 Å². The molecule has 1 heterocycles. The van der Waals surface area contributed by atoms with Crippen molar-refractivity contribution < 1.29 is 8.78 Å². The second kappa shape index (κ2) is 7.83. The molecular weight excluding hydrogens is 372 g/mol. The molecule has 124 valence electrons. The van der Waals surface area contributed by atoms with Crippen molar-refractivity contribution in [1.82, 2.24) is 4.98 Å². The molecule has 0 bridgehead atoms. The van der Waals surface area contributed by atoms with Crippen molar-refractivity contribution in [2.24, 2.45) is 0 Å². The Morgan fingerprint density at radius 2 is 2.00 bits per heavy atom. The Hall–Kier alpha value is -1.83. The molecule has 1 aromatic heterocycles. The van der Waals surface area contributed by atoms with Gasteiger partial charge in [-0.05, 0) is 30.1 Å². The lowest BCUT2D eigenvalue weighted by Gasteiger charge is -2.12. The van der Waals surface area contributed by atoms with E-state index in [9.17, 15) is 8.78 Å². The summed E-state index contributed by atoms with van der Waals surface area (Å²) in [7, 11) is 0. The van der Waals surface area contributed by atoms with E-state index >= 15 is 0 Å². The van der Waals surface area contributed by atoms with Crippen molar-refractivity contribution in [3.63, 3.8) is 0 Å². The van der Waals surface area contributed by atoms with E-state index in [4.69, 9.17) is 11.6 Å². The normalized spacial score (nSPS) is 10.6. The maximum Gasteiger partial charge on any atom is 0.192 e. The molecule has 24 heavy (non-hydrogen) atoms. The largest absolute Gasteiger partial charge is 0.380 e. The van der Waals surface area contributed by atoms with Gasteiger partial charge in [-0.25, -0.2) is 13.8 Å². The van der Waals surface area contributed by atoms with Gasteiger partial charge in [0.25, 0.3) is 0 Å². The van der Waals surface area contributed by atoms with E-state index in [1.54, 1.807) is 36.5 Å². The summed E-state index contributed by atoms with van der Waals surface area (Å²) in [6.07, 6.45) is 1.66. The van der Waals surface area contributed by atoms with Crippen LogP contribution in [0, 0.1) is 11.6 Å². The summed E-state index contributed by atoms with van der Waals surface area (Å²) in [5.41, 5.74) is 0.897. The molecule has 0 atom stereocenters. The first-order chi connectivity index (χ1) is 11.6. The summed E-state index contributed by atoms with van der Waals surface area (Å²) in [5.74, 6) is -0.856. The molecular formula is C16H12ClF2N3S2. The number of halogens is 3. The first-order valence-corrected chi connectivity index (χ1v) is 9.00. The predicted molar refractivity (Wildman–Crippen MR) is 96.7 cm³/mol. The number of rotatable bonds is 6. The van der Waals surface area contributed by atoms with Crippen LogP contribution in [0.3, 0.4) is 0 Å². The van der Waals surface area contributed by atoms with E-state index in [0.29, 0.717) is 21.3 Å².